The number of hydrogen-bond acceptors (Lipinski definition) is 3. The van der Waals surface area contributed by atoms with E-state index in [0.29, 0.717) is 11.8 Å². The lowest BCUT2D eigenvalue weighted by atomic mass is 9.94. The van der Waals surface area contributed by atoms with Crippen molar-refractivity contribution >= 4 is 16.6 Å². The Labute approximate surface area is 142 Å². The molecular formula is C19H16F2N2O2. The molecule has 0 bridgehead atoms. The third-order valence-electron chi connectivity index (χ3n) is 4.25. The van der Waals surface area contributed by atoms with Gasteiger partial charge in [0.05, 0.1) is 5.56 Å². The van der Waals surface area contributed by atoms with Crippen molar-refractivity contribution in [1.82, 2.24) is 4.98 Å². The summed E-state index contributed by atoms with van der Waals surface area (Å²) in [4.78, 5) is 27.2. The van der Waals surface area contributed by atoms with Crippen LogP contribution in [0.5, 0.6) is 0 Å². The third kappa shape index (κ3) is 2.85. The van der Waals surface area contributed by atoms with Crippen molar-refractivity contribution in [1.29, 1.82) is 0 Å². The fraction of sp³-hybridized carbons (Fsp3) is 0.158. The second-order valence-corrected chi connectivity index (χ2v) is 5.74. The first-order valence-corrected chi connectivity index (χ1v) is 7.84. The smallest absolute Gasteiger partial charge is 0.255 e. The van der Waals surface area contributed by atoms with Gasteiger partial charge in [-0.25, -0.2) is 8.78 Å². The van der Waals surface area contributed by atoms with Gasteiger partial charge < -0.3 is 10.7 Å². The van der Waals surface area contributed by atoms with Gasteiger partial charge in [-0.15, -0.1) is 0 Å². The number of ketones is 1. The van der Waals surface area contributed by atoms with Crippen LogP contribution >= 0.6 is 0 Å². The summed E-state index contributed by atoms with van der Waals surface area (Å²) < 4.78 is 29.0. The monoisotopic (exact) mass is 342 g/mol. The first-order chi connectivity index (χ1) is 12.0. The Morgan fingerprint density at radius 3 is 2.64 bits per heavy atom. The Hall–Kier alpha value is -2.86. The molecule has 0 radical (unpaired) electrons. The van der Waals surface area contributed by atoms with E-state index < -0.39 is 29.0 Å². The van der Waals surface area contributed by atoms with E-state index in [1.165, 1.54) is 30.5 Å². The van der Waals surface area contributed by atoms with Crippen molar-refractivity contribution in [3.63, 3.8) is 0 Å². The van der Waals surface area contributed by atoms with Gasteiger partial charge in [-0.05, 0) is 30.0 Å². The summed E-state index contributed by atoms with van der Waals surface area (Å²) in [6.45, 7) is 1.77. The molecule has 1 heterocycles. The third-order valence-corrected chi connectivity index (χ3v) is 4.25. The maximum absolute atomic E-state index is 14.8. The molecule has 0 aliphatic carbocycles. The summed E-state index contributed by atoms with van der Waals surface area (Å²) in [7, 11) is 0. The number of halogens is 2. The van der Waals surface area contributed by atoms with Crippen LogP contribution in [-0.4, -0.2) is 10.8 Å². The van der Waals surface area contributed by atoms with Crippen LogP contribution in [0, 0.1) is 11.6 Å². The van der Waals surface area contributed by atoms with Gasteiger partial charge in [0, 0.05) is 28.8 Å². The zero-order chi connectivity index (χ0) is 18.1. The van der Waals surface area contributed by atoms with Crippen LogP contribution in [0.2, 0.25) is 0 Å². The van der Waals surface area contributed by atoms with Crippen LogP contribution in [0.25, 0.3) is 10.8 Å². The number of benzene rings is 2. The van der Waals surface area contributed by atoms with E-state index in [1.54, 1.807) is 13.0 Å². The van der Waals surface area contributed by atoms with Crippen LogP contribution in [-0.2, 0) is 0 Å². The molecule has 3 rings (SSSR count). The number of pyridine rings is 1. The molecular weight excluding hydrogens is 326 g/mol. The largest absolute Gasteiger partial charge is 0.329 e. The normalized spacial score (nSPS) is 12.3. The van der Waals surface area contributed by atoms with E-state index in [1.807, 2.05) is 0 Å². The number of H-pyrrole nitrogens is 1. The molecule has 2 aromatic carbocycles. The van der Waals surface area contributed by atoms with Crippen LogP contribution in [0.15, 0.2) is 47.4 Å². The van der Waals surface area contributed by atoms with Gasteiger partial charge in [0.1, 0.15) is 11.6 Å². The molecule has 1 aromatic heterocycles. The summed E-state index contributed by atoms with van der Waals surface area (Å²) in [5.74, 6) is -2.74. The topological polar surface area (TPSA) is 76.0 Å². The fourth-order valence-electron chi connectivity index (χ4n) is 2.84. The molecule has 0 fully saturated rings. The Morgan fingerprint density at radius 2 is 1.92 bits per heavy atom. The molecule has 4 nitrogen and oxygen atoms in total. The molecule has 0 saturated carbocycles. The standard InChI is InChI=1S/C19H16F2N2O2/c1-2-15(22)13-6-7-14(20)16(17(13)21)18(24)11-4-3-5-12-10(11)8-9-23-19(12)25/h3-9,15H,2,22H2,1H3,(H,23,25). The average Bonchev–Trinajstić information content (AvgIpc) is 2.61. The van der Waals surface area contributed by atoms with E-state index in [-0.39, 0.29) is 22.1 Å². The first kappa shape index (κ1) is 17.0. The van der Waals surface area contributed by atoms with Crippen molar-refractivity contribution < 1.29 is 13.6 Å². The minimum Gasteiger partial charge on any atom is -0.329 e. The summed E-state index contributed by atoms with van der Waals surface area (Å²) in [6, 6.07) is 7.67. The van der Waals surface area contributed by atoms with Gasteiger partial charge in [-0.2, -0.15) is 0 Å². The van der Waals surface area contributed by atoms with E-state index in [0.717, 1.165) is 6.07 Å². The minimum atomic E-state index is -0.962. The lowest BCUT2D eigenvalue weighted by Gasteiger charge is -2.14. The number of carbonyl (C=O) groups is 1. The summed E-state index contributed by atoms with van der Waals surface area (Å²) in [5.41, 5.74) is 4.95. The highest BCUT2D eigenvalue weighted by molar-refractivity contribution is 6.16. The maximum Gasteiger partial charge on any atom is 0.255 e. The molecule has 0 aliphatic heterocycles. The predicted octanol–water partition coefficient (Wildman–Crippen LogP) is 3.45. The SMILES string of the molecule is CCC(N)c1ccc(F)c(C(=O)c2cccc3c(=O)[nH]ccc23)c1F. The number of rotatable bonds is 4. The number of carbonyl (C=O) groups excluding carboxylic acids is 1. The molecule has 25 heavy (non-hydrogen) atoms. The lowest BCUT2D eigenvalue weighted by Crippen LogP contribution is -2.16. The molecule has 1 atom stereocenters. The number of aromatic amines is 1. The Morgan fingerprint density at radius 1 is 1.16 bits per heavy atom. The van der Waals surface area contributed by atoms with Crippen molar-refractivity contribution in [2.75, 3.05) is 0 Å². The minimum absolute atomic E-state index is 0.0589. The Bertz CT molecular complexity index is 1030. The highest BCUT2D eigenvalue weighted by Gasteiger charge is 2.24. The molecule has 0 spiro atoms. The quantitative estimate of drug-likeness (QED) is 0.713. The average molecular weight is 342 g/mol. The van der Waals surface area contributed by atoms with Gasteiger partial charge >= 0.3 is 0 Å². The summed E-state index contributed by atoms with van der Waals surface area (Å²) in [6.07, 6.45) is 1.83. The molecule has 1 unspecified atom stereocenters. The van der Waals surface area contributed by atoms with E-state index in [2.05, 4.69) is 4.98 Å². The van der Waals surface area contributed by atoms with Crippen LogP contribution < -0.4 is 11.3 Å². The molecule has 128 valence electrons. The number of hydrogen-bond donors (Lipinski definition) is 2. The van der Waals surface area contributed by atoms with Crippen molar-refractivity contribution in [3.8, 4) is 0 Å². The van der Waals surface area contributed by atoms with E-state index in [9.17, 15) is 18.4 Å². The highest BCUT2D eigenvalue weighted by Crippen LogP contribution is 2.27. The molecule has 3 aromatic rings. The van der Waals surface area contributed by atoms with Crippen LogP contribution in [0.1, 0.15) is 40.9 Å². The summed E-state index contributed by atoms with van der Waals surface area (Å²) in [5, 5.41) is 0.607. The predicted molar refractivity (Wildman–Crippen MR) is 91.6 cm³/mol. The number of nitrogens with two attached hydrogens (primary N) is 1. The molecule has 3 N–H and O–H groups in total. The van der Waals surface area contributed by atoms with Crippen LogP contribution in [0.3, 0.4) is 0 Å². The zero-order valence-electron chi connectivity index (χ0n) is 13.5. The molecule has 0 aliphatic rings. The van der Waals surface area contributed by atoms with Crippen molar-refractivity contribution in [2.45, 2.75) is 19.4 Å². The van der Waals surface area contributed by atoms with Gasteiger partial charge in [0.15, 0.2) is 5.78 Å². The molecule has 0 saturated heterocycles. The lowest BCUT2D eigenvalue weighted by molar-refractivity contribution is 0.103. The maximum atomic E-state index is 14.8. The second-order valence-electron chi connectivity index (χ2n) is 5.74. The summed E-state index contributed by atoms with van der Waals surface area (Å²) >= 11 is 0. The van der Waals surface area contributed by atoms with Gasteiger partial charge in [-0.1, -0.05) is 25.1 Å². The van der Waals surface area contributed by atoms with Gasteiger partial charge in [-0.3, -0.25) is 9.59 Å². The fourth-order valence-corrected chi connectivity index (χ4v) is 2.84. The first-order valence-electron chi connectivity index (χ1n) is 7.84. The molecule has 0 amide bonds. The molecule has 6 heteroatoms. The second kappa shape index (κ2) is 6.57. The van der Waals surface area contributed by atoms with E-state index in [4.69, 9.17) is 5.73 Å². The van der Waals surface area contributed by atoms with Crippen LogP contribution in [0.4, 0.5) is 8.78 Å². The van der Waals surface area contributed by atoms with Gasteiger partial charge in [0.2, 0.25) is 0 Å². The Kier molecular flexibility index (Phi) is 4.46. The van der Waals surface area contributed by atoms with Gasteiger partial charge in [0.25, 0.3) is 5.56 Å². The van der Waals surface area contributed by atoms with Crippen molar-refractivity contribution in [3.05, 3.63) is 81.3 Å². The number of aromatic nitrogens is 1. The number of nitrogens with one attached hydrogen (secondary N) is 1. The zero-order valence-corrected chi connectivity index (χ0v) is 13.5. The van der Waals surface area contributed by atoms with E-state index >= 15 is 0 Å². The Balaban J connectivity index is 2.24. The number of fused-ring (bicyclic) bond motifs is 1. The van der Waals surface area contributed by atoms with Crippen molar-refractivity contribution in [2.24, 2.45) is 5.73 Å². The highest BCUT2D eigenvalue weighted by atomic mass is 19.1.